The van der Waals surface area contributed by atoms with E-state index in [4.69, 9.17) is 16.3 Å². The lowest BCUT2D eigenvalue weighted by atomic mass is 9.85. The molecule has 0 spiro atoms. The largest absolute Gasteiger partial charge is 0.496 e. The van der Waals surface area contributed by atoms with Crippen molar-refractivity contribution < 1.29 is 4.74 Å². The molecule has 0 aromatic heterocycles. The van der Waals surface area contributed by atoms with Crippen LogP contribution in [0.3, 0.4) is 0 Å². The average Bonchev–Trinajstić information content (AvgIpc) is 2.39. The Morgan fingerprint density at radius 1 is 1.26 bits per heavy atom. The van der Waals surface area contributed by atoms with Gasteiger partial charge in [0.1, 0.15) is 5.75 Å². The lowest BCUT2D eigenvalue weighted by Gasteiger charge is -2.29. The van der Waals surface area contributed by atoms with Crippen LogP contribution in [0.25, 0.3) is 0 Å². The summed E-state index contributed by atoms with van der Waals surface area (Å²) in [7, 11) is 1.71. The molecule has 0 bridgehead atoms. The summed E-state index contributed by atoms with van der Waals surface area (Å²) in [6, 6.07) is 6.12. The Kier molecular flexibility index (Phi) is 6.67. The number of methoxy groups -OCH3 is 1. The molecule has 1 aromatic rings. The molecule has 3 heteroatoms. The van der Waals surface area contributed by atoms with Gasteiger partial charge >= 0.3 is 0 Å². The number of halogens is 1. The predicted octanol–water partition coefficient (Wildman–Crippen LogP) is 4.68. The van der Waals surface area contributed by atoms with Gasteiger partial charge in [0, 0.05) is 16.6 Å². The summed E-state index contributed by atoms with van der Waals surface area (Å²) in [4.78, 5) is 0. The highest BCUT2D eigenvalue weighted by atomic mass is 35.5. The summed E-state index contributed by atoms with van der Waals surface area (Å²) in [6.07, 6.45) is 1.12. The fraction of sp³-hybridized carbons (Fsp3) is 0.625. The number of ether oxygens (including phenoxy) is 1. The van der Waals surface area contributed by atoms with Crippen molar-refractivity contribution in [2.24, 2.45) is 11.8 Å². The zero-order chi connectivity index (χ0) is 14.4. The highest BCUT2D eigenvalue weighted by molar-refractivity contribution is 6.30. The van der Waals surface area contributed by atoms with Gasteiger partial charge in [-0.15, -0.1) is 0 Å². The molecule has 108 valence electrons. The summed E-state index contributed by atoms with van der Waals surface area (Å²) in [6.45, 7) is 9.96. The van der Waals surface area contributed by atoms with E-state index in [0.29, 0.717) is 11.8 Å². The van der Waals surface area contributed by atoms with E-state index in [-0.39, 0.29) is 6.04 Å². The van der Waals surface area contributed by atoms with Crippen molar-refractivity contribution in [1.82, 2.24) is 5.32 Å². The molecular formula is C16H26ClNO. The first-order valence-corrected chi connectivity index (χ1v) is 7.45. The highest BCUT2D eigenvalue weighted by Crippen LogP contribution is 2.35. The first-order valence-electron chi connectivity index (χ1n) is 7.08. The van der Waals surface area contributed by atoms with Crippen LogP contribution in [-0.4, -0.2) is 13.7 Å². The number of hydrogen-bond acceptors (Lipinski definition) is 2. The topological polar surface area (TPSA) is 21.3 Å². The molecule has 0 heterocycles. The van der Waals surface area contributed by atoms with Crippen molar-refractivity contribution in [2.45, 2.75) is 40.2 Å². The first kappa shape index (κ1) is 16.3. The summed E-state index contributed by atoms with van der Waals surface area (Å²) < 4.78 is 5.49. The van der Waals surface area contributed by atoms with Crippen molar-refractivity contribution in [1.29, 1.82) is 0 Å². The molecule has 0 aliphatic carbocycles. The van der Waals surface area contributed by atoms with Gasteiger partial charge in [-0.1, -0.05) is 39.3 Å². The molecule has 1 N–H and O–H groups in total. The van der Waals surface area contributed by atoms with E-state index in [1.807, 2.05) is 18.2 Å². The van der Waals surface area contributed by atoms with Crippen LogP contribution in [0.2, 0.25) is 5.02 Å². The molecule has 19 heavy (non-hydrogen) atoms. The Morgan fingerprint density at radius 2 is 1.95 bits per heavy atom. The number of rotatable bonds is 7. The summed E-state index contributed by atoms with van der Waals surface area (Å²) >= 11 is 6.15. The fourth-order valence-corrected chi connectivity index (χ4v) is 2.39. The van der Waals surface area contributed by atoms with E-state index in [1.165, 1.54) is 0 Å². The van der Waals surface area contributed by atoms with Crippen LogP contribution < -0.4 is 10.1 Å². The molecule has 1 aromatic carbocycles. The Labute approximate surface area is 122 Å². The van der Waals surface area contributed by atoms with Crippen molar-refractivity contribution in [3.05, 3.63) is 28.8 Å². The molecular weight excluding hydrogens is 258 g/mol. The normalized spacial score (nSPS) is 14.5. The average molecular weight is 284 g/mol. The maximum Gasteiger partial charge on any atom is 0.123 e. The lowest BCUT2D eigenvalue weighted by molar-refractivity contribution is 0.294. The molecule has 2 atom stereocenters. The van der Waals surface area contributed by atoms with Crippen molar-refractivity contribution in [3.8, 4) is 5.75 Å². The minimum Gasteiger partial charge on any atom is -0.496 e. The van der Waals surface area contributed by atoms with Gasteiger partial charge in [-0.05, 0) is 43.0 Å². The molecule has 2 unspecified atom stereocenters. The van der Waals surface area contributed by atoms with Gasteiger partial charge in [0.05, 0.1) is 7.11 Å². The van der Waals surface area contributed by atoms with Crippen LogP contribution in [0.1, 0.15) is 45.7 Å². The van der Waals surface area contributed by atoms with E-state index in [1.54, 1.807) is 7.11 Å². The van der Waals surface area contributed by atoms with Gasteiger partial charge < -0.3 is 10.1 Å². The van der Waals surface area contributed by atoms with Crippen molar-refractivity contribution >= 4 is 11.6 Å². The molecule has 0 fully saturated rings. The smallest absolute Gasteiger partial charge is 0.123 e. The molecule has 0 aliphatic heterocycles. The number of hydrogen-bond donors (Lipinski definition) is 1. The minimum atomic E-state index is 0.272. The van der Waals surface area contributed by atoms with E-state index < -0.39 is 0 Å². The minimum absolute atomic E-state index is 0.272. The molecule has 0 amide bonds. The summed E-state index contributed by atoms with van der Waals surface area (Å²) in [5, 5.41) is 4.39. The van der Waals surface area contributed by atoms with Crippen molar-refractivity contribution in [3.63, 3.8) is 0 Å². The molecule has 1 rings (SSSR count). The van der Waals surface area contributed by atoms with Gasteiger partial charge in [-0.2, -0.15) is 0 Å². The second kappa shape index (κ2) is 7.76. The third-order valence-electron chi connectivity index (χ3n) is 3.72. The van der Waals surface area contributed by atoms with Gasteiger partial charge in [-0.3, -0.25) is 0 Å². The first-order chi connectivity index (χ1) is 9.01. The van der Waals surface area contributed by atoms with Crippen molar-refractivity contribution in [2.75, 3.05) is 13.7 Å². The van der Waals surface area contributed by atoms with E-state index >= 15 is 0 Å². The standard InChI is InChI=1S/C16H26ClNO/c1-6-9-18-16(12(4)11(2)3)14-10-13(17)7-8-15(14)19-5/h7-8,10-12,16,18H,6,9H2,1-5H3. The van der Waals surface area contributed by atoms with Gasteiger partial charge in [0.15, 0.2) is 0 Å². The quantitative estimate of drug-likeness (QED) is 0.784. The van der Waals surface area contributed by atoms with E-state index in [0.717, 1.165) is 29.3 Å². The fourth-order valence-electron chi connectivity index (χ4n) is 2.21. The molecule has 0 aliphatic rings. The van der Waals surface area contributed by atoms with Crippen LogP contribution in [0, 0.1) is 11.8 Å². The SMILES string of the molecule is CCCNC(c1cc(Cl)ccc1OC)C(C)C(C)C. The predicted molar refractivity (Wildman–Crippen MR) is 83.0 cm³/mol. The molecule has 0 saturated heterocycles. The Morgan fingerprint density at radius 3 is 2.47 bits per heavy atom. The van der Waals surface area contributed by atoms with Gasteiger partial charge in [-0.25, -0.2) is 0 Å². The maximum atomic E-state index is 6.15. The maximum absolute atomic E-state index is 6.15. The molecule has 2 nitrogen and oxygen atoms in total. The van der Waals surface area contributed by atoms with Crippen LogP contribution in [0.5, 0.6) is 5.75 Å². The summed E-state index contributed by atoms with van der Waals surface area (Å²) in [5.41, 5.74) is 1.16. The zero-order valence-electron chi connectivity index (χ0n) is 12.7. The van der Waals surface area contributed by atoms with Crippen LogP contribution in [0.15, 0.2) is 18.2 Å². The van der Waals surface area contributed by atoms with Gasteiger partial charge in [0.25, 0.3) is 0 Å². The third-order valence-corrected chi connectivity index (χ3v) is 3.95. The van der Waals surface area contributed by atoms with E-state index in [9.17, 15) is 0 Å². The lowest BCUT2D eigenvalue weighted by Crippen LogP contribution is -2.30. The van der Waals surface area contributed by atoms with E-state index in [2.05, 4.69) is 33.0 Å². The Bertz CT molecular complexity index is 392. The number of benzene rings is 1. The highest BCUT2D eigenvalue weighted by Gasteiger charge is 2.24. The second-order valence-electron chi connectivity index (χ2n) is 5.42. The monoisotopic (exact) mass is 283 g/mol. The Hall–Kier alpha value is -0.730. The summed E-state index contributed by atoms with van der Waals surface area (Å²) in [5.74, 6) is 2.02. The van der Waals surface area contributed by atoms with Gasteiger partial charge in [0.2, 0.25) is 0 Å². The molecule has 0 saturated carbocycles. The van der Waals surface area contributed by atoms with Crippen LogP contribution in [0.4, 0.5) is 0 Å². The van der Waals surface area contributed by atoms with Crippen LogP contribution >= 0.6 is 11.6 Å². The van der Waals surface area contributed by atoms with Crippen LogP contribution in [-0.2, 0) is 0 Å². The Balaban J connectivity index is 3.11. The third kappa shape index (κ3) is 4.39. The number of nitrogens with one attached hydrogen (secondary N) is 1. The zero-order valence-corrected chi connectivity index (χ0v) is 13.4. The second-order valence-corrected chi connectivity index (χ2v) is 5.86. The molecule has 0 radical (unpaired) electrons.